The van der Waals surface area contributed by atoms with Gasteiger partial charge in [0.2, 0.25) is 5.78 Å². The molecule has 3 aromatic rings. The van der Waals surface area contributed by atoms with E-state index in [0.29, 0.717) is 30.3 Å². The second kappa shape index (κ2) is 8.05. The molecule has 0 fully saturated rings. The number of ether oxygens (including phenoxy) is 2. The van der Waals surface area contributed by atoms with Crippen molar-refractivity contribution in [1.82, 2.24) is 4.57 Å². The fraction of sp³-hybridized carbons (Fsp3) is 0.190. The molecule has 0 atom stereocenters. The molecule has 0 aliphatic rings. The molecule has 2 N–H and O–H groups in total. The summed E-state index contributed by atoms with van der Waals surface area (Å²) in [4.78, 5) is 12.8. The molecule has 0 amide bonds. The number of aromatic nitrogens is 1. The highest BCUT2D eigenvalue weighted by Crippen LogP contribution is 2.34. The number of benzene rings is 2. The lowest BCUT2D eigenvalue weighted by atomic mass is 10.1. The average Bonchev–Trinajstić information content (AvgIpc) is 3.04. The molecule has 140 valence electrons. The maximum atomic E-state index is 13.0. The third kappa shape index (κ3) is 3.85. The Labute approximate surface area is 156 Å². The Balaban J connectivity index is 2.02. The summed E-state index contributed by atoms with van der Waals surface area (Å²) >= 11 is 0. The number of rotatable bonds is 7. The number of carbonyl (C=O) groups is 1. The van der Waals surface area contributed by atoms with E-state index >= 15 is 0 Å². The quantitative estimate of drug-likeness (QED) is 0.511. The molecule has 2 aromatic carbocycles. The lowest BCUT2D eigenvalue weighted by molar-refractivity contribution is 0.104. The molecule has 0 aliphatic heterocycles. The number of halogens is 1. The van der Waals surface area contributed by atoms with Crippen LogP contribution in [0.5, 0.6) is 11.5 Å². The van der Waals surface area contributed by atoms with E-state index in [2.05, 4.69) is 0 Å². The summed E-state index contributed by atoms with van der Waals surface area (Å²) in [5, 5.41) is 0.861. The normalized spacial score (nSPS) is 11.3. The van der Waals surface area contributed by atoms with Crippen LogP contribution in [0, 0.1) is 5.82 Å². The highest BCUT2D eigenvalue weighted by Gasteiger charge is 2.16. The molecule has 0 saturated heterocycles. The van der Waals surface area contributed by atoms with Crippen LogP contribution in [-0.2, 0) is 6.54 Å². The maximum Gasteiger partial charge on any atom is 0.202 e. The highest BCUT2D eigenvalue weighted by molar-refractivity contribution is 6.08. The van der Waals surface area contributed by atoms with Gasteiger partial charge in [-0.1, -0.05) is 18.2 Å². The first kappa shape index (κ1) is 18.7. The number of nitrogens with two attached hydrogens (primary N) is 1. The fourth-order valence-corrected chi connectivity index (χ4v) is 2.99. The number of methoxy groups -OCH3 is 2. The monoisotopic (exact) mass is 368 g/mol. The van der Waals surface area contributed by atoms with Crippen molar-refractivity contribution >= 4 is 22.8 Å². The second-order valence-electron chi connectivity index (χ2n) is 5.99. The second-order valence-corrected chi connectivity index (χ2v) is 5.99. The SMILES string of the molecule is COc1cc2cc(C(=O)/C=C/c3ccc(F)cc3)n(CCN)c2cc1OC. The number of carbonyl (C=O) groups excluding carboxylic acids is 1. The smallest absolute Gasteiger partial charge is 0.202 e. The summed E-state index contributed by atoms with van der Waals surface area (Å²) in [5.74, 6) is 0.698. The average molecular weight is 368 g/mol. The van der Waals surface area contributed by atoms with Crippen molar-refractivity contribution in [2.24, 2.45) is 5.73 Å². The van der Waals surface area contributed by atoms with E-state index in [1.54, 1.807) is 32.4 Å². The lowest BCUT2D eigenvalue weighted by Gasteiger charge is -2.10. The molecule has 0 aliphatic carbocycles. The van der Waals surface area contributed by atoms with Gasteiger partial charge < -0.3 is 19.8 Å². The number of nitrogens with zero attached hydrogens (tertiary/aromatic N) is 1. The molecule has 5 nitrogen and oxygen atoms in total. The Hall–Kier alpha value is -3.12. The van der Waals surface area contributed by atoms with Crippen molar-refractivity contribution in [3.8, 4) is 11.5 Å². The van der Waals surface area contributed by atoms with Crippen LogP contribution in [0.4, 0.5) is 4.39 Å². The van der Waals surface area contributed by atoms with E-state index < -0.39 is 0 Å². The first-order valence-corrected chi connectivity index (χ1v) is 8.50. The van der Waals surface area contributed by atoms with Gasteiger partial charge in [0.05, 0.1) is 25.4 Å². The Morgan fingerprint density at radius 3 is 2.41 bits per heavy atom. The predicted octanol–water partition coefficient (Wildman–Crippen LogP) is 3.65. The number of allylic oxidation sites excluding steroid dienone is 1. The predicted molar refractivity (Wildman–Crippen MR) is 104 cm³/mol. The van der Waals surface area contributed by atoms with Gasteiger partial charge in [-0.3, -0.25) is 4.79 Å². The van der Waals surface area contributed by atoms with Crippen molar-refractivity contribution in [2.45, 2.75) is 6.54 Å². The van der Waals surface area contributed by atoms with E-state index in [1.165, 1.54) is 18.2 Å². The highest BCUT2D eigenvalue weighted by atomic mass is 19.1. The fourth-order valence-electron chi connectivity index (χ4n) is 2.99. The minimum atomic E-state index is -0.315. The molecular formula is C21H21FN2O3. The molecule has 0 unspecified atom stereocenters. The zero-order valence-electron chi connectivity index (χ0n) is 15.2. The van der Waals surface area contributed by atoms with Gasteiger partial charge >= 0.3 is 0 Å². The minimum absolute atomic E-state index is 0.165. The molecule has 3 rings (SSSR count). The van der Waals surface area contributed by atoms with E-state index in [1.807, 2.05) is 22.8 Å². The van der Waals surface area contributed by atoms with Gasteiger partial charge in [-0.15, -0.1) is 0 Å². The first-order chi connectivity index (χ1) is 13.1. The topological polar surface area (TPSA) is 66.5 Å². The maximum absolute atomic E-state index is 13.0. The van der Waals surface area contributed by atoms with Crippen LogP contribution in [0.3, 0.4) is 0 Å². The van der Waals surface area contributed by atoms with Gasteiger partial charge in [0.25, 0.3) is 0 Å². The Bertz CT molecular complexity index is 991. The van der Waals surface area contributed by atoms with Crippen molar-refractivity contribution in [2.75, 3.05) is 20.8 Å². The first-order valence-electron chi connectivity index (χ1n) is 8.50. The van der Waals surface area contributed by atoms with Crippen LogP contribution >= 0.6 is 0 Å². The summed E-state index contributed by atoms with van der Waals surface area (Å²) in [6.07, 6.45) is 3.14. The number of hydrogen-bond acceptors (Lipinski definition) is 4. The number of ketones is 1. The van der Waals surface area contributed by atoms with Gasteiger partial charge in [-0.2, -0.15) is 0 Å². The van der Waals surface area contributed by atoms with Crippen LogP contribution < -0.4 is 15.2 Å². The van der Waals surface area contributed by atoms with Gasteiger partial charge in [0.1, 0.15) is 5.82 Å². The third-order valence-corrected chi connectivity index (χ3v) is 4.31. The third-order valence-electron chi connectivity index (χ3n) is 4.31. The molecule has 6 heteroatoms. The molecule has 1 heterocycles. The van der Waals surface area contributed by atoms with E-state index in [9.17, 15) is 9.18 Å². The number of hydrogen-bond donors (Lipinski definition) is 1. The van der Waals surface area contributed by atoms with E-state index in [0.717, 1.165) is 16.5 Å². The Morgan fingerprint density at radius 1 is 1.11 bits per heavy atom. The molecule has 0 spiro atoms. The summed E-state index contributed by atoms with van der Waals surface area (Å²) in [5.41, 5.74) is 7.85. The van der Waals surface area contributed by atoms with Crippen molar-refractivity contribution in [3.63, 3.8) is 0 Å². The molecule has 1 aromatic heterocycles. The lowest BCUT2D eigenvalue weighted by Crippen LogP contribution is -2.14. The van der Waals surface area contributed by atoms with Crippen molar-refractivity contribution < 1.29 is 18.7 Å². The Morgan fingerprint density at radius 2 is 1.78 bits per heavy atom. The van der Waals surface area contributed by atoms with E-state index in [-0.39, 0.29) is 11.6 Å². The zero-order chi connectivity index (χ0) is 19.4. The minimum Gasteiger partial charge on any atom is -0.493 e. The number of fused-ring (bicyclic) bond motifs is 1. The summed E-state index contributed by atoms with van der Waals surface area (Å²) in [6, 6.07) is 11.4. The molecule has 0 saturated carbocycles. The zero-order valence-corrected chi connectivity index (χ0v) is 15.2. The van der Waals surface area contributed by atoms with Crippen LogP contribution in [0.2, 0.25) is 0 Å². The molecule has 0 radical (unpaired) electrons. The van der Waals surface area contributed by atoms with Crippen LogP contribution in [0.1, 0.15) is 16.1 Å². The van der Waals surface area contributed by atoms with Crippen molar-refractivity contribution in [3.05, 3.63) is 65.6 Å². The standard InChI is InChI=1S/C21H21FN2O3/c1-26-20-12-15-11-18(24(10-9-23)17(15)13-21(20)27-2)19(25)8-5-14-3-6-16(22)7-4-14/h3-8,11-13H,9-10,23H2,1-2H3/b8-5+. The molecule has 0 bridgehead atoms. The van der Waals surface area contributed by atoms with Gasteiger partial charge in [0.15, 0.2) is 11.5 Å². The summed E-state index contributed by atoms with van der Waals surface area (Å²) < 4.78 is 25.6. The molecular weight excluding hydrogens is 347 g/mol. The van der Waals surface area contributed by atoms with Gasteiger partial charge in [0, 0.05) is 24.5 Å². The summed E-state index contributed by atoms with van der Waals surface area (Å²) in [6.45, 7) is 0.879. The largest absolute Gasteiger partial charge is 0.493 e. The van der Waals surface area contributed by atoms with Gasteiger partial charge in [-0.05, 0) is 35.9 Å². The van der Waals surface area contributed by atoms with Crippen LogP contribution in [0.25, 0.3) is 17.0 Å². The van der Waals surface area contributed by atoms with E-state index in [4.69, 9.17) is 15.2 Å². The van der Waals surface area contributed by atoms with Gasteiger partial charge in [-0.25, -0.2) is 4.39 Å². The van der Waals surface area contributed by atoms with Crippen LogP contribution in [0.15, 0.2) is 48.5 Å². The summed E-state index contributed by atoms with van der Waals surface area (Å²) in [7, 11) is 3.13. The Kier molecular flexibility index (Phi) is 5.57. The molecule has 27 heavy (non-hydrogen) atoms. The van der Waals surface area contributed by atoms with Crippen LogP contribution in [-0.4, -0.2) is 31.1 Å². The van der Waals surface area contributed by atoms with Crippen molar-refractivity contribution in [1.29, 1.82) is 0 Å².